The zero-order valence-corrected chi connectivity index (χ0v) is 13.7. The quantitative estimate of drug-likeness (QED) is 0.349. The highest BCUT2D eigenvalue weighted by atomic mass is 35.5. The number of halogens is 1. The lowest BCUT2D eigenvalue weighted by Gasteiger charge is -2.09. The van der Waals surface area contributed by atoms with E-state index in [9.17, 15) is 15.4 Å². The van der Waals surface area contributed by atoms with E-state index in [1.807, 2.05) is 0 Å². The van der Waals surface area contributed by atoms with E-state index in [2.05, 4.69) is 6.07 Å². The minimum Gasteiger partial charge on any atom is -0.496 e. The number of nitro benzene ring substituents is 1. The van der Waals surface area contributed by atoms with Gasteiger partial charge in [-0.25, -0.2) is 0 Å². The Hall–Kier alpha value is -3.04. The molecule has 0 spiro atoms. The molecule has 0 saturated carbocycles. The fourth-order valence-electron chi connectivity index (χ4n) is 2.13. The van der Waals surface area contributed by atoms with Crippen molar-refractivity contribution in [2.75, 3.05) is 14.2 Å². The van der Waals surface area contributed by atoms with Crippen molar-refractivity contribution in [3.05, 3.63) is 62.7 Å². The Morgan fingerprint density at radius 3 is 2.33 bits per heavy atom. The van der Waals surface area contributed by atoms with Gasteiger partial charge in [0.25, 0.3) is 0 Å². The zero-order chi connectivity index (χ0) is 17.7. The minimum absolute atomic E-state index is 0.0824. The number of methoxy groups -OCH3 is 2. The molecule has 0 amide bonds. The molecule has 0 heterocycles. The largest absolute Gasteiger partial charge is 0.496 e. The molecular weight excluding hydrogens is 332 g/mol. The molecule has 2 aromatic carbocycles. The van der Waals surface area contributed by atoms with Gasteiger partial charge in [0, 0.05) is 22.7 Å². The van der Waals surface area contributed by atoms with E-state index in [0.29, 0.717) is 27.5 Å². The Balaban J connectivity index is 2.61. The van der Waals surface area contributed by atoms with Crippen LogP contribution < -0.4 is 9.47 Å². The van der Waals surface area contributed by atoms with Crippen LogP contribution in [0.4, 0.5) is 5.69 Å². The lowest BCUT2D eigenvalue weighted by molar-refractivity contribution is -0.385. The minimum atomic E-state index is -0.552. The second-order valence-electron chi connectivity index (χ2n) is 4.70. The van der Waals surface area contributed by atoms with Crippen molar-refractivity contribution in [3.8, 4) is 17.6 Å². The third kappa shape index (κ3) is 3.65. The molecule has 0 N–H and O–H groups in total. The van der Waals surface area contributed by atoms with Gasteiger partial charge in [-0.3, -0.25) is 10.1 Å². The summed E-state index contributed by atoms with van der Waals surface area (Å²) in [5.41, 5.74) is 1.15. The normalized spacial score (nSPS) is 10.8. The highest BCUT2D eigenvalue weighted by molar-refractivity contribution is 6.30. The third-order valence-electron chi connectivity index (χ3n) is 3.30. The van der Waals surface area contributed by atoms with Crippen LogP contribution in [0, 0.1) is 21.4 Å². The van der Waals surface area contributed by atoms with Crippen molar-refractivity contribution in [2.45, 2.75) is 0 Å². The number of rotatable bonds is 5. The number of allylic oxidation sites excluding steroid dienone is 1. The number of hydrogen-bond acceptors (Lipinski definition) is 5. The molecule has 6 nitrogen and oxygen atoms in total. The van der Waals surface area contributed by atoms with Crippen LogP contribution in [0.25, 0.3) is 11.6 Å². The summed E-state index contributed by atoms with van der Waals surface area (Å²) in [4.78, 5) is 10.6. The van der Waals surface area contributed by atoms with Crippen LogP contribution in [-0.4, -0.2) is 19.1 Å². The van der Waals surface area contributed by atoms with Gasteiger partial charge in [-0.2, -0.15) is 5.26 Å². The van der Waals surface area contributed by atoms with E-state index in [0.717, 1.165) is 0 Å². The summed E-state index contributed by atoms with van der Waals surface area (Å²) >= 11 is 5.85. The number of ether oxygens (including phenoxy) is 2. The van der Waals surface area contributed by atoms with E-state index in [1.54, 1.807) is 24.3 Å². The van der Waals surface area contributed by atoms with Crippen molar-refractivity contribution in [1.29, 1.82) is 5.26 Å². The molecule has 2 rings (SSSR count). The van der Waals surface area contributed by atoms with Crippen molar-refractivity contribution in [1.82, 2.24) is 0 Å². The summed E-state index contributed by atoms with van der Waals surface area (Å²) in [6, 6.07) is 11.5. The van der Waals surface area contributed by atoms with Crippen LogP contribution in [-0.2, 0) is 0 Å². The van der Waals surface area contributed by atoms with Gasteiger partial charge >= 0.3 is 5.69 Å². The number of nitrogens with zero attached hydrogens (tertiary/aromatic N) is 2. The van der Waals surface area contributed by atoms with Crippen molar-refractivity contribution in [3.63, 3.8) is 0 Å². The second-order valence-corrected chi connectivity index (χ2v) is 5.14. The predicted octanol–water partition coefficient (Wildman–Crippen LogP) is 4.33. The number of nitriles is 1. The topological polar surface area (TPSA) is 85.4 Å². The average Bonchev–Trinajstić information content (AvgIpc) is 2.59. The predicted molar refractivity (Wildman–Crippen MR) is 91.1 cm³/mol. The summed E-state index contributed by atoms with van der Waals surface area (Å²) < 4.78 is 10.3. The van der Waals surface area contributed by atoms with Gasteiger partial charge < -0.3 is 9.47 Å². The monoisotopic (exact) mass is 344 g/mol. The van der Waals surface area contributed by atoms with Crippen LogP contribution in [0.1, 0.15) is 11.1 Å². The van der Waals surface area contributed by atoms with Crippen molar-refractivity contribution < 1.29 is 14.4 Å². The molecule has 2 aromatic rings. The molecule has 24 heavy (non-hydrogen) atoms. The molecule has 0 radical (unpaired) electrons. The Morgan fingerprint density at radius 1 is 1.21 bits per heavy atom. The number of hydrogen-bond donors (Lipinski definition) is 0. The molecular formula is C17H13ClN2O4. The van der Waals surface area contributed by atoms with Crippen molar-refractivity contribution >= 4 is 28.9 Å². The van der Waals surface area contributed by atoms with Crippen LogP contribution in [0.2, 0.25) is 5.02 Å². The highest BCUT2D eigenvalue weighted by Gasteiger charge is 2.19. The second kappa shape index (κ2) is 7.49. The molecule has 0 bridgehead atoms. The number of nitro groups is 1. The van der Waals surface area contributed by atoms with Crippen molar-refractivity contribution in [2.24, 2.45) is 0 Å². The van der Waals surface area contributed by atoms with Gasteiger partial charge in [-0.1, -0.05) is 23.7 Å². The van der Waals surface area contributed by atoms with E-state index < -0.39 is 4.92 Å². The zero-order valence-electron chi connectivity index (χ0n) is 12.9. The highest BCUT2D eigenvalue weighted by Crippen LogP contribution is 2.36. The maximum Gasteiger partial charge on any atom is 0.311 e. The standard InChI is InChI=1S/C17H13ClN2O4/c1-23-16-9-17(24-2)15(20(21)22)8-12(16)7-13(10-19)11-3-5-14(18)6-4-11/h3-9H,1-2H3. The Bertz CT molecular complexity index is 839. The molecule has 0 atom stereocenters. The first kappa shape index (κ1) is 17.3. The van der Waals surface area contributed by atoms with Crippen LogP contribution >= 0.6 is 11.6 Å². The average molecular weight is 345 g/mol. The van der Waals surface area contributed by atoms with E-state index in [-0.39, 0.29) is 11.4 Å². The van der Waals surface area contributed by atoms with Crippen LogP contribution in [0.15, 0.2) is 36.4 Å². The summed E-state index contributed by atoms with van der Waals surface area (Å²) in [5.74, 6) is 0.443. The van der Waals surface area contributed by atoms with Gasteiger partial charge in [-0.05, 0) is 23.8 Å². The van der Waals surface area contributed by atoms with E-state index >= 15 is 0 Å². The lowest BCUT2D eigenvalue weighted by atomic mass is 10.0. The first-order valence-electron chi connectivity index (χ1n) is 6.78. The molecule has 7 heteroatoms. The van der Waals surface area contributed by atoms with Gasteiger partial charge in [0.05, 0.1) is 30.8 Å². The van der Waals surface area contributed by atoms with Gasteiger partial charge in [0.1, 0.15) is 5.75 Å². The van der Waals surface area contributed by atoms with Crippen LogP contribution in [0.3, 0.4) is 0 Å². The first-order valence-corrected chi connectivity index (χ1v) is 7.16. The third-order valence-corrected chi connectivity index (χ3v) is 3.56. The maximum atomic E-state index is 11.2. The molecule has 0 fully saturated rings. The molecule has 122 valence electrons. The summed E-state index contributed by atoms with van der Waals surface area (Å²) in [6.45, 7) is 0. The molecule has 0 aliphatic carbocycles. The summed E-state index contributed by atoms with van der Waals surface area (Å²) in [6.07, 6.45) is 1.52. The van der Waals surface area contributed by atoms with Gasteiger partial charge in [0.2, 0.25) is 5.75 Å². The fourth-order valence-corrected chi connectivity index (χ4v) is 2.25. The summed E-state index contributed by atoms with van der Waals surface area (Å²) in [5, 5.41) is 21.1. The van der Waals surface area contributed by atoms with Gasteiger partial charge in [0.15, 0.2) is 0 Å². The first-order chi connectivity index (χ1) is 11.5. The van der Waals surface area contributed by atoms with Crippen LogP contribution in [0.5, 0.6) is 11.5 Å². The van der Waals surface area contributed by atoms with E-state index in [4.69, 9.17) is 21.1 Å². The Morgan fingerprint density at radius 2 is 1.83 bits per heavy atom. The lowest BCUT2D eigenvalue weighted by Crippen LogP contribution is -1.97. The molecule has 0 saturated heterocycles. The molecule has 0 aromatic heterocycles. The smallest absolute Gasteiger partial charge is 0.311 e. The maximum absolute atomic E-state index is 11.2. The summed E-state index contributed by atoms with van der Waals surface area (Å²) in [7, 11) is 2.78. The van der Waals surface area contributed by atoms with E-state index in [1.165, 1.54) is 32.4 Å². The number of benzene rings is 2. The Labute approximate surface area is 143 Å². The molecule has 0 aliphatic heterocycles. The fraction of sp³-hybridized carbons (Fsp3) is 0.118. The molecule has 0 unspecified atom stereocenters. The Kier molecular flexibility index (Phi) is 5.40. The van der Waals surface area contributed by atoms with Gasteiger partial charge in [-0.15, -0.1) is 0 Å². The molecule has 0 aliphatic rings. The SMILES string of the molecule is COc1cc(OC)c([N+](=O)[O-])cc1C=C(C#N)c1ccc(Cl)cc1.